The summed E-state index contributed by atoms with van der Waals surface area (Å²) < 4.78 is 1.22. The van der Waals surface area contributed by atoms with Crippen LogP contribution >= 0.6 is 11.3 Å². The summed E-state index contributed by atoms with van der Waals surface area (Å²) in [5, 5.41) is 1.20. The summed E-state index contributed by atoms with van der Waals surface area (Å²) in [6.07, 6.45) is 7.67. The Hall–Kier alpha value is -1.35. The number of fused-ring (bicyclic) bond motifs is 2. The zero-order valence-electron chi connectivity index (χ0n) is 12.3. The molecule has 0 spiro atoms. The van der Waals surface area contributed by atoms with E-state index < -0.39 is 0 Å². The maximum Gasteiger partial charge on any atom is 0.264 e. The number of likely N-dealkylation sites (tertiary alicyclic amines) is 1. The van der Waals surface area contributed by atoms with Crippen molar-refractivity contribution in [2.24, 2.45) is 5.92 Å². The second-order valence-electron chi connectivity index (χ2n) is 6.40. The minimum absolute atomic E-state index is 0.271. The molecular formula is C18H21NOS. The van der Waals surface area contributed by atoms with Crippen LogP contribution in [0.3, 0.4) is 0 Å². The minimum atomic E-state index is 0.271. The third kappa shape index (κ3) is 2.38. The molecule has 1 saturated carbocycles. The van der Waals surface area contributed by atoms with Crippen LogP contribution in [0.2, 0.25) is 0 Å². The standard InChI is InChI=1S/C18H21NOS/c20-18(17-12-14-7-2-4-10-16(14)21-17)19-11-5-8-13-6-1-3-9-15(13)19/h2,4,7,10,12-13,15H,1,3,5-6,8-9,11H2. The van der Waals surface area contributed by atoms with Crippen LogP contribution in [0, 0.1) is 5.92 Å². The zero-order valence-corrected chi connectivity index (χ0v) is 13.1. The number of rotatable bonds is 1. The molecule has 1 saturated heterocycles. The highest BCUT2D eigenvalue weighted by molar-refractivity contribution is 7.20. The van der Waals surface area contributed by atoms with E-state index >= 15 is 0 Å². The van der Waals surface area contributed by atoms with E-state index in [9.17, 15) is 4.79 Å². The van der Waals surface area contributed by atoms with Crippen molar-refractivity contribution in [3.05, 3.63) is 35.2 Å². The summed E-state index contributed by atoms with van der Waals surface area (Å²) in [5.74, 6) is 1.03. The third-order valence-corrected chi connectivity index (χ3v) is 6.24. The molecule has 4 rings (SSSR count). The number of piperidine rings is 1. The summed E-state index contributed by atoms with van der Waals surface area (Å²) in [4.78, 5) is 16.1. The fraction of sp³-hybridized carbons (Fsp3) is 0.500. The van der Waals surface area contributed by atoms with Crippen molar-refractivity contribution in [1.29, 1.82) is 0 Å². The van der Waals surface area contributed by atoms with Crippen molar-refractivity contribution in [1.82, 2.24) is 4.90 Å². The van der Waals surface area contributed by atoms with E-state index in [2.05, 4.69) is 23.1 Å². The number of hydrogen-bond donors (Lipinski definition) is 0. The Morgan fingerprint density at radius 2 is 1.90 bits per heavy atom. The Bertz CT molecular complexity index is 627. The van der Waals surface area contributed by atoms with Crippen molar-refractivity contribution in [2.75, 3.05) is 6.54 Å². The highest BCUT2D eigenvalue weighted by Crippen LogP contribution is 2.37. The minimum Gasteiger partial charge on any atom is -0.335 e. The van der Waals surface area contributed by atoms with E-state index in [1.165, 1.54) is 48.6 Å². The van der Waals surface area contributed by atoms with Crippen LogP contribution in [0.4, 0.5) is 0 Å². The molecule has 3 heteroatoms. The quantitative estimate of drug-likeness (QED) is 0.747. The van der Waals surface area contributed by atoms with Crippen LogP contribution in [0.25, 0.3) is 10.1 Å². The Morgan fingerprint density at radius 3 is 2.81 bits per heavy atom. The van der Waals surface area contributed by atoms with E-state index in [4.69, 9.17) is 0 Å². The fourth-order valence-electron chi connectivity index (χ4n) is 4.11. The van der Waals surface area contributed by atoms with Gasteiger partial charge in [-0.15, -0.1) is 11.3 Å². The number of hydrogen-bond acceptors (Lipinski definition) is 2. The summed E-state index contributed by atoms with van der Waals surface area (Å²) in [6, 6.07) is 10.9. The summed E-state index contributed by atoms with van der Waals surface area (Å²) in [6.45, 7) is 0.953. The summed E-state index contributed by atoms with van der Waals surface area (Å²) >= 11 is 1.65. The van der Waals surface area contributed by atoms with Crippen molar-refractivity contribution >= 4 is 27.3 Å². The van der Waals surface area contributed by atoms with Gasteiger partial charge in [0.05, 0.1) is 4.88 Å². The van der Waals surface area contributed by atoms with Gasteiger partial charge in [-0.3, -0.25) is 4.79 Å². The molecule has 2 aliphatic rings. The van der Waals surface area contributed by atoms with Crippen LogP contribution in [-0.2, 0) is 0 Å². The zero-order chi connectivity index (χ0) is 14.2. The number of carbonyl (C=O) groups excluding carboxylic acids is 1. The number of benzene rings is 1. The maximum atomic E-state index is 13.0. The highest BCUT2D eigenvalue weighted by Gasteiger charge is 2.36. The third-order valence-electron chi connectivity index (χ3n) is 5.14. The molecule has 2 nitrogen and oxygen atoms in total. The molecule has 2 unspecified atom stereocenters. The smallest absolute Gasteiger partial charge is 0.264 e. The van der Waals surface area contributed by atoms with Gasteiger partial charge in [0.1, 0.15) is 0 Å². The molecule has 2 atom stereocenters. The van der Waals surface area contributed by atoms with Crippen LogP contribution < -0.4 is 0 Å². The molecule has 1 aromatic carbocycles. The molecule has 2 aromatic rings. The van der Waals surface area contributed by atoms with Crippen LogP contribution in [0.15, 0.2) is 30.3 Å². The van der Waals surface area contributed by atoms with Crippen molar-refractivity contribution in [3.63, 3.8) is 0 Å². The van der Waals surface area contributed by atoms with E-state index in [0.29, 0.717) is 6.04 Å². The van der Waals surface area contributed by atoms with Gasteiger partial charge in [-0.2, -0.15) is 0 Å². The molecule has 1 amide bonds. The van der Waals surface area contributed by atoms with Gasteiger partial charge in [0.2, 0.25) is 0 Å². The number of amides is 1. The van der Waals surface area contributed by atoms with Gasteiger partial charge >= 0.3 is 0 Å². The first-order chi connectivity index (χ1) is 10.3. The molecule has 0 radical (unpaired) electrons. The van der Waals surface area contributed by atoms with Gasteiger partial charge < -0.3 is 4.90 Å². The molecule has 2 heterocycles. The second-order valence-corrected chi connectivity index (χ2v) is 7.48. The first kappa shape index (κ1) is 13.3. The summed E-state index contributed by atoms with van der Waals surface area (Å²) in [7, 11) is 0. The molecule has 0 N–H and O–H groups in total. The molecule has 1 aliphatic heterocycles. The van der Waals surface area contributed by atoms with Crippen molar-refractivity contribution < 1.29 is 4.79 Å². The van der Waals surface area contributed by atoms with Gasteiger partial charge in [0.15, 0.2) is 0 Å². The second kappa shape index (κ2) is 5.45. The first-order valence-corrected chi connectivity index (χ1v) is 8.94. The Labute approximate surface area is 129 Å². The molecule has 1 aromatic heterocycles. The van der Waals surface area contributed by atoms with Crippen LogP contribution in [0.1, 0.15) is 48.2 Å². The Morgan fingerprint density at radius 1 is 1.10 bits per heavy atom. The Kier molecular flexibility index (Phi) is 3.46. The molecule has 2 fully saturated rings. The molecule has 0 bridgehead atoms. The van der Waals surface area contributed by atoms with E-state index in [0.717, 1.165) is 17.3 Å². The van der Waals surface area contributed by atoms with E-state index in [-0.39, 0.29) is 5.91 Å². The van der Waals surface area contributed by atoms with Crippen molar-refractivity contribution in [3.8, 4) is 0 Å². The maximum absolute atomic E-state index is 13.0. The summed E-state index contributed by atoms with van der Waals surface area (Å²) in [5.41, 5.74) is 0. The lowest BCUT2D eigenvalue weighted by molar-refractivity contribution is 0.0395. The molecule has 21 heavy (non-hydrogen) atoms. The normalized spacial score (nSPS) is 25.8. The lowest BCUT2D eigenvalue weighted by Gasteiger charge is -2.44. The number of thiophene rings is 1. The highest BCUT2D eigenvalue weighted by atomic mass is 32.1. The predicted octanol–water partition coefficient (Wildman–Crippen LogP) is 4.70. The lowest BCUT2D eigenvalue weighted by atomic mass is 9.78. The van der Waals surface area contributed by atoms with Gasteiger partial charge in [0.25, 0.3) is 5.91 Å². The molecule has 1 aliphatic carbocycles. The van der Waals surface area contributed by atoms with E-state index in [1.807, 2.05) is 12.1 Å². The van der Waals surface area contributed by atoms with Gasteiger partial charge in [0, 0.05) is 17.3 Å². The lowest BCUT2D eigenvalue weighted by Crippen LogP contribution is -2.49. The van der Waals surface area contributed by atoms with Gasteiger partial charge in [-0.25, -0.2) is 0 Å². The van der Waals surface area contributed by atoms with Crippen LogP contribution in [-0.4, -0.2) is 23.4 Å². The topological polar surface area (TPSA) is 20.3 Å². The number of carbonyl (C=O) groups is 1. The fourth-order valence-corrected chi connectivity index (χ4v) is 5.12. The average molecular weight is 299 g/mol. The van der Waals surface area contributed by atoms with Gasteiger partial charge in [-0.05, 0) is 49.1 Å². The Balaban J connectivity index is 1.63. The predicted molar refractivity (Wildman–Crippen MR) is 87.8 cm³/mol. The van der Waals surface area contributed by atoms with Gasteiger partial charge in [-0.1, -0.05) is 31.0 Å². The average Bonchev–Trinajstić information content (AvgIpc) is 2.97. The molecule has 110 valence electrons. The first-order valence-electron chi connectivity index (χ1n) is 8.12. The molecular weight excluding hydrogens is 278 g/mol. The monoisotopic (exact) mass is 299 g/mol. The SMILES string of the molecule is O=C(c1cc2ccccc2s1)N1CCCC2CCCCC21. The van der Waals surface area contributed by atoms with Crippen LogP contribution in [0.5, 0.6) is 0 Å². The van der Waals surface area contributed by atoms with Crippen molar-refractivity contribution in [2.45, 2.75) is 44.6 Å². The number of nitrogens with zero attached hydrogens (tertiary/aromatic N) is 1. The van der Waals surface area contributed by atoms with E-state index in [1.54, 1.807) is 11.3 Å². The largest absolute Gasteiger partial charge is 0.335 e.